The number of allylic oxidation sites excluding steroid dienone is 1. The van der Waals surface area contributed by atoms with Crippen LogP contribution in [0, 0.1) is 0 Å². The average molecular weight is 359 g/mol. The zero-order valence-corrected chi connectivity index (χ0v) is 16.6. The van der Waals surface area contributed by atoms with Crippen LogP contribution >= 0.6 is 11.3 Å². The van der Waals surface area contributed by atoms with E-state index >= 15 is 0 Å². The highest BCUT2D eigenvalue weighted by atomic mass is 32.1. The summed E-state index contributed by atoms with van der Waals surface area (Å²) in [6, 6.07) is 0. The maximum Gasteiger partial charge on any atom is 0.225 e. The number of hydrogen-bond donors (Lipinski definition) is 0. The molecule has 1 saturated carbocycles. The Morgan fingerprint density at radius 1 is 1.20 bits per heavy atom. The molecule has 2 heterocycles. The first kappa shape index (κ1) is 18.4. The Bertz CT molecular complexity index is 731. The Morgan fingerprint density at radius 3 is 2.68 bits per heavy atom. The minimum atomic E-state index is 0.332. The topological polar surface area (TPSA) is 35.0 Å². The molecule has 2 aromatic rings. The van der Waals surface area contributed by atoms with E-state index in [1.165, 1.54) is 47.1 Å². The van der Waals surface area contributed by atoms with Gasteiger partial charge in [0.2, 0.25) is 5.88 Å². The third kappa shape index (κ3) is 3.89. The van der Waals surface area contributed by atoms with Gasteiger partial charge in [0.15, 0.2) is 0 Å². The van der Waals surface area contributed by atoms with Crippen molar-refractivity contribution >= 4 is 21.6 Å². The van der Waals surface area contributed by atoms with E-state index < -0.39 is 0 Å². The highest BCUT2D eigenvalue weighted by Gasteiger charge is 2.30. The van der Waals surface area contributed by atoms with Gasteiger partial charge in [0.1, 0.15) is 17.3 Å². The molecular formula is C21H30N2OS. The van der Waals surface area contributed by atoms with Crippen molar-refractivity contribution in [3.63, 3.8) is 0 Å². The smallest absolute Gasteiger partial charge is 0.225 e. The fourth-order valence-electron chi connectivity index (χ4n) is 4.10. The van der Waals surface area contributed by atoms with Gasteiger partial charge in [0.05, 0.1) is 5.39 Å². The van der Waals surface area contributed by atoms with E-state index in [1.807, 2.05) is 25.2 Å². The van der Waals surface area contributed by atoms with Crippen LogP contribution < -0.4 is 4.74 Å². The molecule has 0 spiro atoms. The van der Waals surface area contributed by atoms with Crippen LogP contribution in [0.3, 0.4) is 0 Å². The molecule has 0 aliphatic heterocycles. The van der Waals surface area contributed by atoms with Gasteiger partial charge in [-0.05, 0) is 63.4 Å². The molecule has 0 bridgehead atoms. The molecule has 0 radical (unpaired) electrons. The van der Waals surface area contributed by atoms with Crippen molar-refractivity contribution in [1.29, 1.82) is 0 Å². The average Bonchev–Trinajstić information content (AvgIpc) is 3.17. The fraction of sp³-hybridized carbons (Fsp3) is 0.619. The number of fused-ring (bicyclic) bond motifs is 3. The summed E-state index contributed by atoms with van der Waals surface area (Å²) < 4.78 is 6.34. The van der Waals surface area contributed by atoms with Crippen LogP contribution in [0.4, 0.5) is 0 Å². The highest BCUT2D eigenvalue weighted by molar-refractivity contribution is 7.19. The summed E-state index contributed by atoms with van der Waals surface area (Å²) in [5.41, 5.74) is 2.72. The second-order valence-corrected chi connectivity index (χ2v) is 8.16. The van der Waals surface area contributed by atoms with Crippen LogP contribution in [0.25, 0.3) is 10.2 Å². The summed E-state index contributed by atoms with van der Waals surface area (Å²) in [5.74, 6) is 1.39. The molecule has 0 saturated heterocycles. The van der Waals surface area contributed by atoms with E-state index in [0.29, 0.717) is 12.0 Å². The van der Waals surface area contributed by atoms with Gasteiger partial charge in [-0.3, -0.25) is 0 Å². The van der Waals surface area contributed by atoms with Gasteiger partial charge in [-0.2, -0.15) is 0 Å². The van der Waals surface area contributed by atoms with Crippen LogP contribution in [-0.2, 0) is 6.42 Å². The molecule has 0 aromatic carbocycles. The van der Waals surface area contributed by atoms with E-state index in [9.17, 15) is 0 Å². The Kier molecular flexibility index (Phi) is 6.10. The van der Waals surface area contributed by atoms with Crippen molar-refractivity contribution in [2.24, 2.45) is 0 Å². The molecule has 4 heteroatoms. The predicted octanol–water partition coefficient (Wildman–Crippen LogP) is 6.43. The lowest BCUT2D eigenvalue weighted by Gasteiger charge is -2.23. The quantitative estimate of drug-likeness (QED) is 0.591. The Labute approximate surface area is 155 Å². The van der Waals surface area contributed by atoms with Crippen molar-refractivity contribution in [1.82, 2.24) is 9.97 Å². The van der Waals surface area contributed by atoms with Crippen molar-refractivity contribution in [2.45, 2.75) is 84.2 Å². The van der Waals surface area contributed by atoms with Crippen LogP contribution in [0.2, 0.25) is 0 Å². The summed E-state index contributed by atoms with van der Waals surface area (Å²) in [6.45, 7) is 10.2. The number of aryl methyl sites for hydroxylation is 1. The first-order chi connectivity index (χ1) is 12.2. The van der Waals surface area contributed by atoms with E-state index in [2.05, 4.69) is 23.5 Å². The first-order valence-electron chi connectivity index (χ1n) is 9.79. The molecule has 4 rings (SSSR count). The molecule has 0 N–H and O–H groups in total. The molecule has 136 valence electrons. The molecule has 0 amide bonds. The molecule has 2 aliphatic carbocycles. The summed E-state index contributed by atoms with van der Waals surface area (Å²) in [5, 5.41) is 1.20. The largest absolute Gasteiger partial charge is 0.474 e. The zero-order valence-electron chi connectivity index (χ0n) is 15.8. The standard InChI is InChI=1S/C19H24N2OS.C2H6/c1-12(2)10-13-8-9-15-16(13)17-18(20-11-21-19(17)23-15)22-14-6-4-3-5-7-14;1-2/h11,13-14H,1,3-10H2,2H3;1-2H3/t13-;/m1./s1. The van der Waals surface area contributed by atoms with Gasteiger partial charge in [-0.1, -0.05) is 25.8 Å². The number of rotatable bonds is 4. The normalized spacial score (nSPS) is 20.0. The van der Waals surface area contributed by atoms with Crippen LogP contribution in [0.5, 0.6) is 5.88 Å². The van der Waals surface area contributed by atoms with Gasteiger partial charge in [0, 0.05) is 4.88 Å². The SMILES string of the molecule is C=C(C)C[C@H]1CCc2sc3ncnc(OC4CCCCC4)c3c21.CC. The molecule has 2 aliphatic rings. The Hall–Kier alpha value is -1.42. The molecular weight excluding hydrogens is 328 g/mol. The van der Waals surface area contributed by atoms with Gasteiger partial charge < -0.3 is 4.74 Å². The second-order valence-electron chi connectivity index (χ2n) is 7.07. The van der Waals surface area contributed by atoms with Crippen LogP contribution in [0.1, 0.15) is 82.1 Å². The summed E-state index contributed by atoms with van der Waals surface area (Å²) in [7, 11) is 0. The van der Waals surface area contributed by atoms with Crippen molar-refractivity contribution in [3.8, 4) is 5.88 Å². The van der Waals surface area contributed by atoms with Crippen molar-refractivity contribution in [2.75, 3.05) is 0 Å². The lowest BCUT2D eigenvalue weighted by Crippen LogP contribution is -2.20. The highest BCUT2D eigenvalue weighted by Crippen LogP contribution is 2.48. The molecule has 25 heavy (non-hydrogen) atoms. The molecule has 1 atom stereocenters. The lowest BCUT2D eigenvalue weighted by atomic mass is 9.94. The van der Waals surface area contributed by atoms with E-state index in [-0.39, 0.29) is 0 Å². The second kappa shape index (κ2) is 8.31. The zero-order chi connectivity index (χ0) is 17.8. The number of ether oxygens (including phenoxy) is 1. The number of thiophene rings is 1. The summed E-state index contributed by atoms with van der Waals surface area (Å²) in [6.07, 6.45) is 11.7. The van der Waals surface area contributed by atoms with E-state index in [1.54, 1.807) is 6.33 Å². The van der Waals surface area contributed by atoms with E-state index in [4.69, 9.17) is 4.74 Å². The third-order valence-electron chi connectivity index (χ3n) is 5.12. The summed E-state index contributed by atoms with van der Waals surface area (Å²) in [4.78, 5) is 11.6. The van der Waals surface area contributed by atoms with Gasteiger partial charge in [-0.15, -0.1) is 17.9 Å². The summed E-state index contributed by atoms with van der Waals surface area (Å²) >= 11 is 1.83. The van der Waals surface area contributed by atoms with Gasteiger partial charge >= 0.3 is 0 Å². The van der Waals surface area contributed by atoms with Crippen molar-refractivity contribution < 1.29 is 4.74 Å². The minimum absolute atomic E-state index is 0.332. The lowest BCUT2D eigenvalue weighted by molar-refractivity contribution is 0.150. The number of hydrogen-bond acceptors (Lipinski definition) is 4. The number of nitrogens with zero attached hydrogens (tertiary/aromatic N) is 2. The first-order valence-corrected chi connectivity index (χ1v) is 10.6. The third-order valence-corrected chi connectivity index (χ3v) is 6.29. The molecule has 0 unspecified atom stereocenters. The Morgan fingerprint density at radius 2 is 1.96 bits per heavy atom. The minimum Gasteiger partial charge on any atom is -0.474 e. The fourth-order valence-corrected chi connectivity index (χ4v) is 5.33. The molecule has 3 nitrogen and oxygen atoms in total. The number of aromatic nitrogens is 2. The molecule has 2 aromatic heterocycles. The monoisotopic (exact) mass is 358 g/mol. The Balaban J connectivity index is 0.000000880. The molecule has 1 fully saturated rings. The van der Waals surface area contributed by atoms with E-state index in [0.717, 1.165) is 36.4 Å². The van der Waals surface area contributed by atoms with Crippen LogP contribution in [0.15, 0.2) is 18.5 Å². The van der Waals surface area contributed by atoms with Crippen molar-refractivity contribution in [3.05, 3.63) is 28.9 Å². The predicted molar refractivity (Wildman–Crippen MR) is 107 cm³/mol. The van der Waals surface area contributed by atoms with Gasteiger partial charge in [0.25, 0.3) is 0 Å². The maximum absolute atomic E-state index is 6.34. The van der Waals surface area contributed by atoms with Crippen LogP contribution in [-0.4, -0.2) is 16.1 Å². The van der Waals surface area contributed by atoms with Gasteiger partial charge in [-0.25, -0.2) is 9.97 Å². The maximum atomic E-state index is 6.34.